The molecule has 0 aliphatic carbocycles. The Balaban J connectivity index is 1.62. The molecule has 176 valence electrons. The Morgan fingerprint density at radius 3 is 2.61 bits per heavy atom. The van der Waals surface area contributed by atoms with E-state index in [4.69, 9.17) is 9.47 Å². The molecule has 0 spiro atoms. The molecule has 2 saturated heterocycles. The number of nitrogens with zero attached hydrogens (tertiary/aromatic N) is 2. The molecule has 2 fully saturated rings. The summed E-state index contributed by atoms with van der Waals surface area (Å²) in [5.74, 6) is -1.64. The standard InChI is InChI=1S/C22H24N2O7S2/c1-2-30-22(27)15-7-9-16(10-8-15)24-19(25)13-18(21(24)26)23(14-17-5-3-11-31-17)33(28,29)20-6-4-12-32-20/h4,6-10,12,17-18H,2-3,5,11,13-14H2,1H3. The van der Waals surface area contributed by atoms with Gasteiger partial charge in [0.1, 0.15) is 10.3 Å². The zero-order chi connectivity index (χ0) is 23.6. The molecular formula is C22H24N2O7S2. The van der Waals surface area contributed by atoms with Gasteiger partial charge in [0.05, 0.1) is 30.4 Å². The second-order valence-corrected chi connectivity index (χ2v) is 10.8. The summed E-state index contributed by atoms with van der Waals surface area (Å²) in [6.07, 6.45) is 0.898. The van der Waals surface area contributed by atoms with Crippen molar-refractivity contribution in [1.82, 2.24) is 4.31 Å². The minimum absolute atomic E-state index is 0.000440. The van der Waals surface area contributed by atoms with E-state index < -0.39 is 33.8 Å². The molecule has 3 heterocycles. The van der Waals surface area contributed by atoms with Crippen molar-refractivity contribution in [3.05, 3.63) is 47.3 Å². The van der Waals surface area contributed by atoms with Gasteiger partial charge < -0.3 is 9.47 Å². The molecule has 0 saturated carbocycles. The van der Waals surface area contributed by atoms with Crippen molar-refractivity contribution in [1.29, 1.82) is 0 Å². The van der Waals surface area contributed by atoms with Crippen LogP contribution in [0.5, 0.6) is 0 Å². The number of ether oxygens (including phenoxy) is 2. The molecule has 0 bridgehead atoms. The summed E-state index contributed by atoms with van der Waals surface area (Å²) in [4.78, 5) is 39.0. The zero-order valence-corrected chi connectivity index (χ0v) is 19.6. The minimum Gasteiger partial charge on any atom is -0.462 e. The number of carbonyl (C=O) groups is 3. The highest BCUT2D eigenvalue weighted by Crippen LogP contribution is 2.32. The lowest BCUT2D eigenvalue weighted by Crippen LogP contribution is -2.48. The van der Waals surface area contributed by atoms with Crippen LogP contribution in [0.2, 0.25) is 0 Å². The Morgan fingerprint density at radius 2 is 2.00 bits per heavy atom. The average molecular weight is 493 g/mol. The van der Waals surface area contributed by atoms with E-state index in [1.165, 1.54) is 30.3 Å². The first-order chi connectivity index (χ1) is 15.8. The summed E-state index contributed by atoms with van der Waals surface area (Å²) < 4.78 is 38.6. The fraction of sp³-hybridized carbons (Fsp3) is 0.409. The van der Waals surface area contributed by atoms with Gasteiger partial charge in [-0.2, -0.15) is 4.31 Å². The summed E-state index contributed by atoms with van der Waals surface area (Å²) in [6.45, 7) is 2.46. The quantitative estimate of drug-likeness (QED) is 0.411. The van der Waals surface area contributed by atoms with E-state index >= 15 is 0 Å². The number of amides is 2. The molecule has 9 nitrogen and oxygen atoms in total. The topological polar surface area (TPSA) is 110 Å². The van der Waals surface area contributed by atoms with Gasteiger partial charge in [0.15, 0.2) is 0 Å². The van der Waals surface area contributed by atoms with Gasteiger partial charge in [-0.05, 0) is 55.5 Å². The van der Waals surface area contributed by atoms with Gasteiger partial charge in [-0.25, -0.2) is 18.1 Å². The predicted octanol–water partition coefficient (Wildman–Crippen LogP) is 2.43. The molecule has 1 aromatic carbocycles. The highest BCUT2D eigenvalue weighted by atomic mass is 32.2. The fourth-order valence-electron chi connectivity index (χ4n) is 3.98. The maximum atomic E-state index is 13.4. The largest absolute Gasteiger partial charge is 0.462 e. The number of sulfonamides is 1. The van der Waals surface area contributed by atoms with Gasteiger partial charge in [-0.3, -0.25) is 9.59 Å². The number of rotatable bonds is 8. The van der Waals surface area contributed by atoms with Gasteiger partial charge in [0.25, 0.3) is 15.9 Å². The summed E-state index contributed by atoms with van der Waals surface area (Å²) in [7, 11) is -4.00. The van der Waals surface area contributed by atoms with Crippen LogP contribution in [0.25, 0.3) is 0 Å². The lowest BCUT2D eigenvalue weighted by molar-refractivity contribution is -0.122. The number of hydrogen-bond acceptors (Lipinski definition) is 8. The highest BCUT2D eigenvalue weighted by molar-refractivity contribution is 7.91. The summed E-state index contributed by atoms with van der Waals surface area (Å²) in [6, 6.07) is 7.82. The van der Waals surface area contributed by atoms with Crippen LogP contribution < -0.4 is 4.90 Å². The van der Waals surface area contributed by atoms with E-state index in [9.17, 15) is 22.8 Å². The van der Waals surface area contributed by atoms with Crippen molar-refractivity contribution in [3.63, 3.8) is 0 Å². The van der Waals surface area contributed by atoms with E-state index in [0.717, 1.165) is 27.0 Å². The summed E-state index contributed by atoms with van der Waals surface area (Å²) in [5.41, 5.74) is 0.558. The van der Waals surface area contributed by atoms with Gasteiger partial charge in [-0.1, -0.05) is 6.07 Å². The van der Waals surface area contributed by atoms with Crippen LogP contribution in [0.15, 0.2) is 46.0 Å². The molecule has 2 aliphatic heterocycles. The Kier molecular flexibility index (Phi) is 6.94. The zero-order valence-electron chi connectivity index (χ0n) is 18.0. The molecule has 2 amide bonds. The minimum atomic E-state index is -4.00. The number of imide groups is 1. The maximum absolute atomic E-state index is 13.4. The van der Waals surface area contributed by atoms with E-state index in [1.807, 2.05) is 0 Å². The van der Waals surface area contributed by atoms with Crippen LogP contribution in [0.3, 0.4) is 0 Å². The Morgan fingerprint density at radius 1 is 1.24 bits per heavy atom. The number of hydrogen-bond donors (Lipinski definition) is 0. The number of thiophene rings is 1. The third-order valence-electron chi connectivity index (χ3n) is 5.57. The van der Waals surface area contributed by atoms with E-state index in [1.54, 1.807) is 18.4 Å². The first-order valence-electron chi connectivity index (χ1n) is 10.6. The van der Waals surface area contributed by atoms with Crippen LogP contribution in [-0.4, -0.2) is 62.4 Å². The van der Waals surface area contributed by atoms with Crippen molar-refractivity contribution in [2.24, 2.45) is 0 Å². The second kappa shape index (κ2) is 9.72. The summed E-state index contributed by atoms with van der Waals surface area (Å²) in [5, 5.41) is 1.65. The molecule has 2 aliphatic rings. The van der Waals surface area contributed by atoms with E-state index in [-0.39, 0.29) is 41.1 Å². The molecule has 2 unspecified atom stereocenters. The maximum Gasteiger partial charge on any atom is 0.338 e. The predicted molar refractivity (Wildman–Crippen MR) is 120 cm³/mol. The van der Waals surface area contributed by atoms with Crippen LogP contribution >= 0.6 is 11.3 Å². The molecular weight excluding hydrogens is 468 g/mol. The molecule has 4 rings (SSSR count). The lowest BCUT2D eigenvalue weighted by atomic mass is 10.2. The number of carbonyl (C=O) groups excluding carboxylic acids is 3. The van der Waals surface area contributed by atoms with Gasteiger partial charge in [-0.15, -0.1) is 11.3 Å². The molecule has 33 heavy (non-hydrogen) atoms. The molecule has 0 radical (unpaired) electrons. The molecule has 0 N–H and O–H groups in total. The van der Waals surface area contributed by atoms with Crippen molar-refractivity contribution in [3.8, 4) is 0 Å². The average Bonchev–Trinajstić information content (AvgIpc) is 3.55. The lowest BCUT2D eigenvalue weighted by Gasteiger charge is -2.28. The van der Waals surface area contributed by atoms with Crippen LogP contribution in [-0.2, 0) is 29.1 Å². The van der Waals surface area contributed by atoms with Crippen LogP contribution in [0, 0.1) is 0 Å². The SMILES string of the molecule is CCOC(=O)c1ccc(N2C(=O)CC(N(CC3CCCO3)S(=O)(=O)c3cccs3)C2=O)cc1. The molecule has 1 aromatic heterocycles. The van der Waals surface area contributed by atoms with Crippen molar-refractivity contribution < 1.29 is 32.3 Å². The number of esters is 1. The molecule has 2 aromatic rings. The third-order valence-corrected chi connectivity index (χ3v) is 8.82. The van der Waals surface area contributed by atoms with Crippen LogP contribution in [0.4, 0.5) is 5.69 Å². The molecule has 2 atom stereocenters. The highest BCUT2D eigenvalue weighted by Gasteiger charge is 2.48. The third kappa shape index (κ3) is 4.72. The Hall–Kier alpha value is -2.60. The van der Waals surface area contributed by atoms with Gasteiger partial charge in [0.2, 0.25) is 5.91 Å². The van der Waals surface area contributed by atoms with Gasteiger partial charge in [0, 0.05) is 13.2 Å². The number of benzene rings is 1. The van der Waals surface area contributed by atoms with Crippen molar-refractivity contribution in [2.45, 2.75) is 42.5 Å². The van der Waals surface area contributed by atoms with Gasteiger partial charge >= 0.3 is 5.97 Å². The molecule has 11 heteroatoms. The van der Waals surface area contributed by atoms with Crippen molar-refractivity contribution >= 4 is 44.8 Å². The summed E-state index contributed by atoms with van der Waals surface area (Å²) >= 11 is 1.06. The first kappa shape index (κ1) is 23.6. The Bertz CT molecular complexity index is 1120. The fourth-order valence-corrected chi connectivity index (χ4v) is 6.71. The normalized spacial score (nSPS) is 21.2. The van der Waals surface area contributed by atoms with E-state index in [2.05, 4.69) is 0 Å². The monoisotopic (exact) mass is 492 g/mol. The first-order valence-corrected chi connectivity index (χ1v) is 13.0. The number of anilines is 1. The second-order valence-electron chi connectivity index (χ2n) is 7.70. The van der Waals surface area contributed by atoms with Crippen molar-refractivity contribution in [2.75, 3.05) is 24.7 Å². The smallest absolute Gasteiger partial charge is 0.338 e. The van der Waals surface area contributed by atoms with E-state index in [0.29, 0.717) is 13.0 Å². The Labute approximate surface area is 195 Å². The van der Waals surface area contributed by atoms with Crippen LogP contribution in [0.1, 0.15) is 36.5 Å².